The van der Waals surface area contributed by atoms with Gasteiger partial charge in [-0.05, 0) is 51.3 Å². The molecule has 0 spiro atoms. The predicted octanol–water partition coefficient (Wildman–Crippen LogP) is 3.99. The summed E-state index contributed by atoms with van der Waals surface area (Å²) in [6.07, 6.45) is 3.22. The Morgan fingerprint density at radius 2 is 2.15 bits per heavy atom. The molecule has 2 amide bonds. The molecule has 2 aromatic rings. The number of carbonyl (C=O) groups is 1. The molecule has 138 valence electrons. The highest BCUT2D eigenvalue weighted by Gasteiger charge is 2.34. The van der Waals surface area contributed by atoms with E-state index in [0.29, 0.717) is 17.9 Å². The highest BCUT2D eigenvalue weighted by molar-refractivity contribution is 5.90. The first kappa shape index (κ1) is 17.1. The lowest BCUT2D eigenvalue weighted by Crippen LogP contribution is -2.40. The van der Waals surface area contributed by atoms with Crippen molar-refractivity contribution in [3.63, 3.8) is 0 Å². The van der Waals surface area contributed by atoms with Crippen LogP contribution in [0.4, 0.5) is 10.5 Å². The lowest BCUT2D eigenvalue weighted by Gasteiger charge is -2.25. The van der Waals surface area contributed by atoms with Crippen molar-refractivity contribution in [2.24, 2.45) is 5.92 Å². The van der Waals surface area contributed by atoms with E-state index in [-0.39, 0.29) is 6.03 Å². The molecule has 26 heavy (non-hydrogen) atoms. The monoisotopic (exact) mass is 355 g/mol. The maximum atomic E-state index is 12.8. The maximum Gasteiger partial charge on any atom is 0.322 e. The number of ether oxygens (including phenoxy) is 1. The Morgan fingerprint density at radius 1 is 1.31 bits per heavy atom. The fourth-order valence-electron chi connectivity index (χ4n) is 3.31. The van der Waals surface area contributed by atoms with Crippen LogP contribution in [0.15, 0.2) is 28.7 Å². The number of hydrogen-bond donors (Lipinski definition) is 1. The minimum Gasteiger partial charge on any atom is -0.441 e. The van der Waals surface area contributed by atoms with E-state index in [1.54, 1.807) is 0 Å². The number of carbonyl (C=O) groups excluding carboxylic acids is 1. The van der Waals surface area contributed by atoms with Crippen LogP contribution in [0, 0.1) is 19.8 Å². The van der Waals surface area contributed by atoms with Crippen molar-refractivity contribution in [2.75, 3.05) is 25.1 Å². The van der Waals surface area contributed by atoms with E-state index in [2.05, 4.69) is 10.3 Å². The second kappa shape index (κ2) is 7.11. The molecule has 2 heterocycles. The molecule has 4 rings (SSSR count). The Morgan fingerprint density at radius 3 is 2.81 bits per heavy atom. The standard InChI is InChI=1S/C20H25N3O3/c1-13-14(2)26-19(21-13)16-4-3-5-17(10-16)22-20(24)23(18-6-7-18)11-15-8-9-25-12-15/h3-5,10,15,18H,6-9,11-12H2,1-2H3,(H,22,24)/t15-/m0/s1. The molecule has 0 bridgehead atoms. The molecular formula is C20H25N3O3. The van der Waals surface area contributed by atoms with Gasteiger partial charge >= 0.3 is 6.03 Å². The molecule has 1 aliphatic heterocycles. The molecule has 1 aromatic heterocycles. The topological polar surface area (TPSA) is 67.6 Å². The SMILES string of the molecule is Cc1nc(-c2cccc(NC(=O)N(C[C@@H]3CCOC3)C3CC3)c2)oc1C. The number of rotatable bonds is 5. The average Bonchev–Trinajstić information content (AvgIpc) is 3.23. The zero-order chi connectivity index (χ0) is 18.1. The first-order chi connectivity index (χ1) is 12.6. The van der Waals surface area contributed by atoms with Crippen molar-refractivity contribution in [3.8, 4) is 11.5 Å². The Kier molecular flexibility index (Phi) is 4.68. The van der Waals surface area contributed by atoms with Gasteiger partial charge in [-0.25, -0.2) is 9.78 Å². The van der Waals surface area contributed by atoms with Crippen LogP contribution in [0.25, 0.3) is 11.5 Å². The van der Waals surface area contributed by atoms with E-state index in [1.165, 1.54) is 0 Å². The van der Waals surface area contributed by atoms with Crippen molar-refractivity contribution in [3.05, 3.63) is 35.7 Å². The summed E-state index contributed by atoms with van der Waals surface area (Å²) in [6, 6.07) is 7.99. The molecule has 1 N–H and O–H groups in total. The fraction of sp³-hybridized carbons (Fsp3) is 0.500. The van der Waals surface area contributed by atoms with E-state index < -0.39 is 0 Å². The zero-order valence-electron chi connectivity index (χ0n) is 15.3. The van der Waals surface area contributed by atoms with Crippen LogP contribution in [-0.2, 0) is 4.74 Å². The van der Waals surface area contributed by atoms with Gasteiger partial charge < -0.3 is 19.4 Å². The van der Waals surface area contributed by atoms with Gasteiger partial charge in [0.05, 0.1) is 12.3 Å². The minimum atomic E-state index is -0.0312. The molecule has 1 atom stereocenters. The van der Waals surface area contributed by atoms with Crippen molar-refractivity contribution < 1.29 is 13.9 Å². The number of oxazole rings is 1. The number of aromatic nitrogens is 1. The number of benzene rings is 1. The first-order valence-corrected chi connectivity index (χ1v) is 9.30. The van der Waals surface area contributed by atoms with Crippen LogP contribution in [0.3, 0.4) is 0 Å². The molecule has 0 unspecified atom stereocenters. The van der Waals surface area contributed by atoms with E-state index in [0.717, 1.165) is 61.7 Å². The van der Waals surface area contributed by atoms with Gasteiger partial charge in [0.15, 0.2) is 0 Å². The number of nitrogens with one attached hydrogen (secondary N) is 1. The van der Waals surface area contributed by atoms with Gasteiger partial charge in [0.1, 0.15) is 5.76 Å². The van der Waals surface area contributed by atoms with E-state index >= 15 is 0 Å². The molecule has 1 aromatic carbocycles. The van der Waals surface area contributed by atoms with Crippen molar-refractivity contribution >= 4 is 11.7 Å². The lowest BCUT2D eigenvalue weighted by molar-refractivity contribution is 0.167. The second-order valence-electron chi connectivity index (χ2n) is 7.28. The summed E-state index contributed by atoms with van der Waals surface area (Å²) in [6.45, 7) is 6.16. The molecule has 1 saturated heterocycles. The van der Waals surface area contributed by atoms with Gasteiger partial charge in [-0.3, -0.25) is 0 Å². The summed E-state index contributed by atoms with van der Waals surface area (Å²) >= 11 is 0. The number of aryl methyl sites for hydroxylation is 2. The molecule has 2 aliphatic rings. The number of amides is 2. The third-order valence-electron chi connectivity index (χ3n) is 5.12. The Balaban J connectivity index is 1.47. The normalized spacial score (nSPS) is 19.5. The maximum absolute atomic E-state index is 12.8. The van der Waals surface area contributed by atoms with Gasteiger partial charge in [-0.1, -0.05) is 6.07 Å². The van der Waals surface area contributed by atoms with Gasteiger partial charge in [-0.2, -0.15) is 0 Å². The van der Waals surface area contributed by atoms with Gasteiger partial charge in [0.25, 0.3) is 0 Å². The molecule has 6 heteroatoms. The van der Waals surface area contributed by atoms with E-state index in [9.17, 15) is 4.79 Å². The first-order valence-electron chi connectivity index (χ1n) is 9.30. The predicted molar refractivity (Wildman–Crippen MR) is 99.1 cm³/mol. The molecule has 0 radical (unpaired) electrons. The third kappa shape index (κ3) is 3.75. The van der Waals surface area contributed by atoms with Crippen molar-refractivity contribution in [1.82, 2.24) is 9.88 Å². The minimum absolute atomic E-state index is 0.0312. The van der Waals surface area contributed by atoms with Crippen LogP contribution in [0.1, 0.15) is 30.7 Å². The van der Waals surface area contributed by atoms with Gasteiger partial charge in [0.2, 0.25) is 5.89 Å². The highest BCUT2D eigenvalue weighted by Crippen LogP contribution is 2.30. The summed E-state index contributed by atoms with van der Waals surface area (Å²) in [5, 5.41) is 3.05. The summed E-state index contributed by atoms with van der Waals surface area (Å²) in [5.74, 6) is 1.84. The summed E-state index contributed by atoms with van der Waals surface area (Å²) in [7, 11) is 0. The fourth-order valence-corrected chi connectivity index (χ4v) is 3.31. The Hall–Kier alpha value is -2.34. The van der Waals surface area contributed by atoms with Gasteiger partial charge in [-0.15, -0.1) is 0 Å². The van der Waals surface area contributed by atoms with E-state index in [1.807, 2.05) is 43.0 Å². The number of anilines is 1. The molecule has 2 fully saturated rings. The van der Waals surface area contributed by atoms with Crippen LogP contribution >= 0.6 is 0 Å². The van der Waals surface area contributed by atoms with E-state index in [4.69, 9.17) is 9.15 Å². The third-order valence-corrected chi connectivity index (χ3v) is 5.12. The summed E-state index contributed by atoms with van der Waals surface area (Å²) in [5.41, 5.74) is 2.50. The number of urea groups is 1. The molecule has 1 saturated carbocycles. The number of nitrogens with zero attached hydrogens (tertiary/aromatic N) is 2. The molecular weight excluding hydrogens is 330 g/mol. The van der Waals surface area contributed by atoms with Crippen molar-refractivity contribution in [2.45, 2.75) is 39.2 Å². The largest absolute Gasteiger partial charge is 0.441 e. The van der Waals surface area contributed by atoms with Crippen molar-refractivity contribution in [1.29, 1.82) is 0 Å². The van der Waals surface area contributed by atoms with Crippen LogP contribution < -0.4 is 5.32 Å². The summed E-state index contributed by atoms with van der Waals surface area (Å²) < 4.78 is 11.2. The quantitative estimate of drug-likeness (QED) is 0.880. The van der Waals surface area contributed by atoms with Gasteiger partial charge in [0, 0.05) is 36.4 Å². The lowest BCUT2D eigenvalue weighted by atomic mass is 10.1. The molecule has 6 nitrogen and oxygen atoms in total. The average molecular weight is 355 g/mol. The Labute approximate surface area is 153 Å². The Bertz CT molecular complexity index is 772. The smallest absolute Gasteiger partial charge is 0.322 e. The second-order valence-corrected chi connectivity index (χ2v) is 7.28. The molecule has 1 aliphatic carbocycles. The van der Waals surface area contributed by atoms with Crippen LogP contribution in [0.2, 0.25) is 0 Å². The van der Waals surface area contributed by atoms with Crippen LogP contribution in [-0.4, -0.2) is 41.7 Å². The van der Waals surface area contributed by atoms with Crippen LogP contribution in [0.5, 0.6) is 0 Å². The number of hydrogen-bond acceptors (Lipinski definition) is 4. The summed E-state index contributed by atoms with van der Waals surface area (Å²) in [4.78, 5) is 19.2. The zero-order valence-corrected chi connectivity index (χ0v) is 15.3. The highest BCUT2D eigenvalue weighted by atomic mass is 16.5.